The van der Waals surface area contributed by atoms with Crippen molar-refractivity contribution in [3.63, 3.8) is 0 Å². The highest BCUT2D eigenvalue weighted by molar-refractivity contribution is 5.48. The number of aliphatic hydroxyl groups is 1. The highest BCUT2D eigenvalue weighted by atomic mass is 16.7. The van der Waals surface area contributed by atoms with Crippen molar-refractivity contribution < 1.29 is 14.8 Å². The molecule has 1 saturated heterocycles. The molecule has 3 rings (SSSR count). The number of nitrogen functional groups attached to an aromatic ring is 1. The summed E-state index contributed by atoms with van der Waals surface area (Å²) in [4.78, 5) is 11.5. The molecule has 24 heavy (non-hydrogen) atoms. The second-order valence-electron chi connectivity index (χ2n) is 6.34. The molecular weight excluding hydrogens is 308 g/mol. The predicted octanol–water partition coefficient (Wildman–Crippen LogP) is 2.87. The van der Waals surface area contributed by atoms with Gasteiger partial charge in [-0.1, -0.05) is 48.5 Å². The van der Waals surface area contributed by atoms with E-state index in [4.69, 9.17) is 10.5 Å². The first-order valence-electron chi connectivity index (χ1n) is 7.82. The Morgan fingerprint density at radius 1 is 1.21 bits per heavy atom. The molecular formula is C18H20N2O4. The van der Waals surface area contributed by atoms with Gasteiger partial charge in [0, 0.05) is 22.6 Å². The zero-order valence-electron chi connectivity index (χ0n) is 13.3. The number of hydrogen-bond donors (Lipinski definition) is 2. The number of benzene rings is 2. The molecule has 2 aromatic carbocycles. The minimum Gasteiger partial charge on any atom is -0.398 e. The maximum atomic E-state index is 11.8. The number of ether oxygens (including phenoxy) is 1. The molecule has 0 aliphatic carbocycles. The SMILES string of the molecule is CC1(O)CC(c2ccccc2)C([N+](=O)[O-])C(c2ccccc2N)O1. The molecule has 3 N–H and O–H groups in total. The first-order chi connectivity index (χ1) is 11.4. The molecule has 0 saturated carbocycles. The fourth-order valence-electron chi connectivity index (χ4n) is 3.42. The predicted molar refractivity (Wildman–Crippen MR) is 89.9 cm³/mol. The monoisotopic (exact) mass is 328 g/mol. The molecule has 1 fully saturated rings. The number of para-hydroxylation sites is 1. The summed E-state index contributed by atoms with van der Waals surface area (Å²) >= 11 is 0. The van der Waals surface area contributed by atoms with Crippen LogP contribution in [-0.2, 0) is 4.74 Å². The van der Waals surface area contributed by atoms with E-state index in [1.165, 1.54) is 6.92 Å². The molecule has 1 aliphatic rings. The molecule has 0 spiro atoms. The Balaban J connectivity index is 2.10. The van der Waals surface area contributed by atoms with Crippen LogP contribution in [0.4, 0.5) is 5.69 Å². The quantitative estimate of drug-likeness (QED) is 0.513. The molecule has 1 heterocycles. The summed E-state index contributed by atoms with van der Waals surface area (Å²) in [6, 6.07) is 15.1. The van der Waals surface area contributed by atoms with E-state index >= 15 is 0 Å². The van der Waals surface area contributed by atoms with Gasteiger partial charge in [-0.05, 0) is 18.6 Å². The third-order valence-corrected chi connectivity index (χ3v) is 4.48. The third-order valence-electron chi connectivity index (χ3n) is 4.48. The summed E-state index contributed by atoms with van der Waals surface area (Å²) in [5.41, 5.74) is 7.75. The van der Waals surface area contributed by atoms with Crippen LogP contribution >= 0.6 is 0 Å². The lowest BCUT2D eigenvalue weighted by atomic mass is 9.79. The van der Waals surface area contributed by atoms with Crippen molar-refractivity contribution in [1.29, 1.82) is 0 Å². The van der Waals surface area contributed by atoms with E-state index in [0.717, 1.165) is 5.56 Å². The molecule has 6 heteroatoms. The van der Waals surface area contributed by atoms with Gasteiger partial charge in [0.1, 0.15) is 0 Å². The maximum Gasteiger partial charge on any atom is 0.250 e. The molecule has 4 unspecified atom stereocenters. The fraction of sp³-hybridized carbons (Fsp3) is 0.333. The van der Waals surface area contributed by atoms with Crippen LogP contribution in [0.1, 0.15) is 36.5 Å². The van der Waals surface area contributed by atoms with Crippen LogP contribution in [0.25, 0.3) is 0 Å². The number of hydrogen-bond acceptors (Lipinski definition) is 5. The Bertz CT molecular complexity index is 733. The summed E-state index contributed by atoms with van der Waals surface area (Å²) in [5, 5.41) is 22.4. The minimum atomic E-state index is -1.47. The molecule has 6 nitrogen and oxygen atoms in total. The van der Waals surface area contributed by atoms with Crippen LogP contribution < -0.4 is 5.73 Å². The Hall–Kier alpha value is -2.44. The molecule has 0 aromatic heterocycles. The average molecular weight is 328 g/mol. The van der Waals surface area contributed by atoms with Gasteiger partial charge in [-0.15, -0.1) is 0 Å². The second kappa shape index (κ2) is 6.22. The standard InChI is InChI=1S/C18H20N2O4/c1-18(21)11-14(12-7-3-2-4-8-12)16(20(22)23)17(24-18)13-9-5-6-10-15(13)19/h2-10,14,16-17,21H,11,19H2,1H3. The number of nitrogens with zero attached hydrogens (tertiary/aromatic N) is 1. The lowest BCUT2D eigenvalue weighted by Crippen LogP contribution is -2.48. The van der Waals surface area contributed by atoms with Gasteiger partial charge in [0.05, 0.1) is 5.92 Å². The van der Waals surface area contributed by atoms with Crippen LogP contribution in [0.15, 0.2) is 54.6 Å². The van der Waals surface area contributed by atoms with Gasteiger partial charge in [-0.2, -0.15) is 0 Å². The van der Waals surface area contributed by atoms with Gasteiger partial charge < -0.3 is 15.6 Å². The second-order valence-corrected chi connectivity index (χ2v) is 6.34. The zero-order valence-corrected chi connectivity index (χ0v) is 13.3. The molecule has 2 aromatic rings. The first kappa shape index (κ1) is 16.4. The first-order valence-corrected chi connectivity index (χ1v) is 7.82. The van der Waals surface area contributed by atoms with Crippen LogP contribution in [-0.4, -0.2) is 21.9 Å². The Labute approximate surface area is 140 Å². The minimum absolute atomic E-state index is 0.145. The van der Waals surface area contributed by atoms with Crippen molar-refractivity contribution in [3.8, 4) is 0 Å². The Morgan fingerprint density at radius 3 is 2.46 bits per heavy atom. The van der Waals surface area contributed by atoms with Gasteiger partial charge in [-0.25, -0.2) is 0 Å². The van der Waals surface area contributed by atoms with Crippen molar-refractivity contribution in [2.75, 3.05) is 5.73 Å². The summed E-state index contributed by atoms with van der Waals surface area (Å²) in [5.74, 6) is -1.95. The van der Waals surface area contributed by atoms with Gasteiger partial charge >= 0.3 is 0 Å². The zero-order chi connectivity index (χ0) is 17.3. The summed E-state index contributed by atoms with van der Waals surface area (Å²) < 4.78 is 5.70. The lowest BCUT2D eigenvalue weighted by Gasteiger charge is -2.41. The van der Waals surface area contributed by atoms with Gasteiger partial charge in [0.25, 0.3) is 0 Å². The van der Waals surface area contributed by atoms with E-state index in [0.29, 0.717) is 11.3 Å². The molecule has 0 amide bonds. The maximum absolute atomic E-state index is 11.8. The summed E-state index contributed by atoms with van der Waals surface area (Å²) in [6.45, 7) is 1.53. The molecule has 126 valence electrons. The van der Waals surface area contributed by atoms with Crippen molar-refractivity contribution in [3.05, 3.63) is 75.8 Å². The molecule has 0 bridgehead atoms. The highest BCUT2D eigenvalue weighted by Gasteiger charge is 2.51. The summed E-state index contributed by atoms with van der Waals surface area (Å²) in [6.07, 6.45) is -0.776. The molecule has 1 aliphatic heterocycles. The van der Waals surface area contributed by atoms with Crippen LogP contribution in [0, 0.1) is 10.1 Å². The van der Waals surface area contributed by atoms with Gasteiger partial charge in [-0.3, -0.25) is 10.1 Å². The molecule has 4 atom stereocenters. The van der Waals surface area contributed by atoms with E-state index in [1.807, 2.05) is 30.3 Å². The Morgan fingerprint density at radius 2 is 1.83 bits per heavy atom. The van der Waals surface area contributed by atoms with E-state index in [1.54, 1.807) is 24.3 Å². The lowest BCUT2D eigenvalue weighted by molar-refractivity contribution is -0.555. The fourth-order valence-corrected chi connectivity index (χ4v) is 3.42. The van der Waals surface area contributed by atoms with Crippen molar-refractivity contribution in [2.24, 2.45) is 0 Å². The largest absolute Gasteiger partial charge is 0.398 e. The van der Waals surface area contributed by atoms with E-state index in [9.17, 15) is 15.2 Å². The van der Waals surface area contributed by atoms with Crippen molar-refractivity contribution in [1.82, 2.24) is 0 Å². The van der Waals surface area contributed by atoms with Crippen LogP contribution in [0.5, 0.6) is 0 Å². The topological polar surface area (TPSA) is 98.6 Å². The summed E-state index contributed by atoms with van der Waals surface area (Å²) in [7, 11) is 0. The van der Waals surface area contributed by atoms with Gasteiger partial charge in [0.2, 0.25) is 6.04 Å². The van der Waals surface area contributed by atoms with Crippen LogP contribution in [0.2, 0.25) is 0 Å². The van der Waals surface area contributed by atoms with Crippen molar-refractivity contribution in [2.45, 2.75) is 37.2 Å². The van der Waals surface area contributed by atoms with Crippen molar-refractivity contribution >= 4 is 5.69 Å². The third kappa shape index (κ3) is 3.11. The highest BCUT2D eigenvalue weighted by Crippen LogP contribution is 2.46. The number of anilines is 1. The average Bonchev–Trinajstić information content (AvgIpc) is 2.54. The number of nitro groups is 1. The normalized spacial score (nSPS) is 30.0. The van der Waals surface area contributed by atoms with Gasteiger partial charge in [0.15, 0.2) is 11.9 Å². The molecule has 0 radical (unpaired) electrons. The van der Waals surface area contributed by atoms with E-state index < -0.39 is 23.9 Å². The van der Waals surface area contributed by atoms with Crippen LogP contribution in [0.3, 0.4) is 0 Å². The smallest absolute Gasteiger partial charge is 0.250 e. The Kier molecular flexibility index (Phi) is 4.26. The number of rotatable bonds is 3. The van der Waals surface area contributed by atoms with E-state index in [2.05, 4.69) is 0 Å². The number of nitrogens with two attached hydrogens (primary N) is 1. The van der Waals surface area contributed by atoms with E-state index in [-0.39, 0.29) is 11.3 Å².